The van der Waals surface area contributed by atoms with E-state index in [1.54, 1.807) is 37.6 Å². The van der Waals surface area contributed by atoms with Crippen LogP contribution in [0.25, 0.3) is 10.9 Å². The summed E-state index contributed by atoms with van der Waals surface area (Å²) in [7, 11) is 1.62. The van der Waals surface area contributed by atoms with Crippen molar-refractivity contribution in [3.8, 4) is 23.0 Å². The maximum Gasteiger partial charge on any atom is 0.306 e. The molecule has 3 aromatic carbocycles. The number of methoxy groups -OCH3 is 1. The molecule has 0 unspecified atom stereocenters. The van der Waals surface area contributed by atoms with Gasteiger partial charge in [0.15, 0.2) is 11.5 Å². The molecule has 6 rings (SSSR count). The minimum absolute atomic E-state index is 0.0695. The Morgan fingerprint density at radius 3 is 2.50 bits per heavy atom. The summed E-state index contributed by atoms with van der Waals surface area (Å²) in [5.41, 5.74) is 1.99. The number of benzene rings is 3. The molecule has 4 aromatic rings. The van der Waals surface area contributed by atoms with E-state index in [1.807, 2.05) is 48.5 Å². The Bertz CT molecular complexity index is 1620. The van der Waals surface area contributed by atoms with E-state index in [1.165, 1.54) is 0 Å². The van der Waals surface area contributed by atoms with Gasteiger partial charge in [0, 0.05) is 41.4 Å². The van der Waals surface area contributed by atoms with Crippen molar-refractivity contribution in [2.75, 3.05) is 32.1 Å². The van der Waals surface area contributed by atoms with Crippen molar-refractivity contribution in [2.45, 2.75) is 63.5 Å². The van der Waals surface area contributed by atoms with Gasteiger partial charge >= 0.3 is 5.97 Å². The van der Waals surface area contributed by atoms with Crippen LogP contribution in [-0.4, -0.2) is 60.7 Å². The van der Waals surface area contributed by atoms with E-state index in [2.05, 4.69) is 15.2 Å². The summed E-state index contributed by atoms with van der Waals surface area (Å²) in [5.74, 6) is 2.24. The van der Waals surface area contributed by atoms with Crippen LogP contribution in [-0.2, 0) is 9.53 Å². The van der Waals surface area contributed by atoms with Gasteiger partial charge in [-0.05, 0) is 107 Å². The van der Waals surface area contributed by atoms with Gasteiger partial charge in [0.05, 0.1) is 12.6 Å². The van der Waals surface area contributed by atoms with Gasteiger partial charge in [0.25, 0.3) is 5.91 Å². The molecule has 1 aromatic heterocycles. The zero-order valence-corrected chi connectivity index (χ0v) is 26.3. The van der Waals surface area contributed by atoms with Crippen molar-refractivity contribution in [3.05, 3.63) is 84.6 Å². The fourth-order valence-corrected chi connectivity index (χ4v) is 6.26. The Hall–Kier alpha value is -4.63. The molecule has 1 atom stereocenters. The molecule has 0 bridgehead atoms. The second-order valence-electron chi connectivity index (χ2n) is 11.9. The third-order valence-electron chi connectivity index (χ3n) is 8.72. The summed E-state index contributed by atoms with van der Waals surface area (Å²) in [6, 6.07) is 22.2. The topological polar surface area (TPSA) is 99.2 Å². The van der Waals surface area contributed by atoms with Crippen molar-refractivity contribution in [1.82, 2.24) is 9.88 Å². The molecule has 1 N–H and O–H groups in total. The van der Waals surface area contributed by atoms with E-state index >= 15 is 0 Å². The van der Waals surface area contributed by atoms with Crippen LogP contribution in [0.4, 0.5) is 5.69 Å². The third kappa shape index (κ3) is 7.95. The molecule has 1 saturated heterocycles. The first-order chi connectivity index (χ1) is 22.6. The smallest absolute Gasteiger partial charge is 0.306 e. The number of nitrogens with zero attached hydrogens (tertiary/aromatic N) is 2. The number of carbonyl (C=O) groups excluding carboxylic acids is 2. The number of aromatic nitrogens is 1. The van der Waals surface area contributed by atoms with Gasteiger partial charge in [-0.15, -0.1) is 0 Å². The van der Waals surface area contributed by atoms with E-state index in [4.69, 9.17) is 18.9 Å². The van der Waals surface area contributed by atoms with Gasteiger partial charge in [0.2, 0.25) is 0 Å². The van der Waals surface area contributed by atoms with Crippen LogP contribution in [0.2, 0.25) is 0 Å². The molecule has 2 aliphatic rings. The number of hydrogen-bond acceptors (Lipinski definition) is 8. The third-order valence-corrected chi connectivity index (χ3v) is 8.72. The van der Waals surface area contributed by atoms with Crippen molar-refractivity contribution in [1.29, 1.82) is 0 Å². The van der Waals surface area contributed by atoms with Crippen LogP contribution in [0, 0.1) is 0 Å². The van der Waals surface area contributed by atoms with Crippen LogP contribution < -0.4 is 19.5 Å². The lowest BCUT2D eigenvalue weighted by Crippen LogP contribution is -2.35. The lowest BCUT2D eigenvalue weighted by Gasteiger charge is -2.25. The molecule has 46 heavy (non-hydrogen) atoms. The average Bonchev–Trinajstić information content (AvgIpc) is 3.77. The lowest BCUT2D eigenvalue weighted by atomic mass is 10.1. The van der Waals surface area contributed by atoms with Gasteiger partial charge < -0.3 is 24.3 Å². The molecule has 2 heterocycles. The average molecular weight is 624 g/mol. The summed E-state index contributed by atoms with van der Waals surface area (Å²) in [5, 5.41) is 3.70. The van der Waals surface area contributed by atoms with Crippen LogP contribution in [0.1, 0.15) is 61.7 Å². The highest BCUT2D eigenvalue weighted by molar-refractivity contribution is 6.04. The number of pyridine rings is 1. The van der Waals surface area contributed by atoms with Gasteiger partial charge in [0.1, 0.15) is 24.2 Å². The molecule has 9 heteroatoms. The molecule has 9 nitrogen and oxygen atoms in total. The zero-order valence-electron chi connectivity index (χ0n) is 26.3. The maximum absolute atomic E-state index is 12.5. The lowest BCUT2D eigenvalue weighted by molar-refractivity contribution is -0.148. The predicted octanol–water partition coefficient (Wildman–Crippen LogP) is 7.40. The highest BCUT2D eigenvalue weighted by Crippen LogP contribution is 2.37. The first kappa shape index (κ1) is 31.4. The number of hydrogen-bond donors (Lipinski definition) is 1. The Balaban J connectivity index is 1.05. The number of fused-ring (bicyclic) bond motifs is 1. The van der Waals surface area contributed by atoms with Crippen LogP contribution in [0.3, 0.4) is 0 Å². The van der Waals surface area contributed by atoms with E-state index in [9.17, 15) is 9.59 Å². The van der Waals surface area contributed by atoms with Crippen LogP contribution >= 0.6 is 0 Å². The van der Waals surface area contributed by atoms with E-state index in [0.29, 0.717) is 47.3 Å². The first-order valence-corrected chi connectivity index (χ1v) is 16.2. The maximum atomic E-state index is 12.5. The largest absolute Gasteiger partial charge is 0.493 e. The van der Waals surface area contributed by atoms with Crippen molar-refractivity contribution >= 4 is 28.5 Å². The summed E-state index contributed by atoms with van der Waals surface area (Å²) in [4.78, 5) is 31.7. The highest BCUT2D eigenvalue weighted by Gasteiger charge is 2.26. The molecule has 2 fully saturated rings. The standard InChI is InChI=1S/C37H41N3O6/c1-43-34-23-31-32(24-35(34)44-25-28-11-7-21-40(28)22-8-14-36(41)46-29-12-5-6-13-29)38-20-19-33(31)45-30-17-15-27(16-18-30)39-37(42)26-9-3-2-4-10-26/h2-4,9-10,15-20,23-24,28-29H,5-8,11-14,21-22,25H2,1H3,(H,39,42)/t28-/m0/s1. The minimum Gasteiger partial charge on any atom is -0.493 e. The summed E-state index contributed by atoms with van der Waals surface area (Å²) < 4.78 is 23.9. The van der Waals surface area contributed by atoms with Gasteiger partial charge in [-0.3, -0.25) is 19.5 Å². The van der Waals surface area contributed by atoms with E-state index in [0.717, 1.165) is 68.9 Å². The fourth-order valence-electron chi connectivity index (χ4n) is 6.26. The van der Waals surface area contributed by atoms with Gasteiger partial charge in [-0.25, -0.2) is 0 Å². The first-order valence-electron chi connectivity index (χ1n) is 16.2. The molecule has 240 valence electrons. The molecular formula is C37H41N3O6. The number of likely N-dealkylation sites (tertiary alicyclic amines) is 1. The second-order valence-corrected chi connectivity index (χ2v) is 11.9. The molecule has 0 radical (unpaired) electrons. The van der Waals surface area contributed by atoms with Gasteiger partial charge in [-0.2, -0.15) is 0 Å². The second kappa shape index (κ2) is 15.1. The number of rotatable bonds is 13. The molecule has 0 spiro atoms. The SMILES string of the molecule is COc1cc2c(Oc3ccc(NC(=O)c4ccccc4)cc3)ccnc2cc1OC[C@@H]1CCCN1CCCC(=O)OC1CCCC1. The number of nitrogens with one attached hydrogen (secondary N) is 1. The quantitative estimate of drug-likeness (QED) is 0.154. The molecular weight excluding hydrogens is 582 g/mol. The number of amides is 1. The Morgan fingerprint density at radius 1 is 0.913 bits per heavy atom. The molecule has 1 aliphatic carbocycles. The van der Waals surface area contributed by atoms with Crippen molar-refractivity contribution < 1.29 is 28.5 Å². The number of anilines is 1. The molecule has 1 saturated carbocycles. The van der Waals surface area contributed by atoms with E-state index < -0.39 is 0 Å². The minimum atomic E-state index is -0.170. The summed E-state index contributed by atoms with van der Waals surface area (Å²) in [6.45, 7) is 2.38. The zero-order chi connectivity index (χ0) is 31.7. The fraction of sp³-hybridized carbons (Fsp3) is 0.378. The molecule has 1 amide bonds. The Morgan fingerprint density at radius 2 is 1.72 bits per heavy atom. The predicted molar refractivity (Wildman–Crippen MR) is 177 cm³/mol. The monoisotopic (exact) mass is 623 g/mol. The number of carbonyl (C=O) groups is 2. The summed E-state index contributed by atoms with van der Waals surface area (Å²) >= 11 is 0. The molecule has 1 aliphatic heterocycles. The van der Waals surface area contributed by atoms with Crippen molar-refractivity contribution in [3.63, 3.8) is 0 Å². The van der Waals surface area contributed by atoms with E-state index in [-0.39, 0.29) is 24.0 Å². The van der Waals surface area contributed by atoms with Gasteiger partial charge in [-0.1, -0.05) is 18.2 Å². The normalized spacial score (nSPS) is 16.8. The van der Waals surface area contributed by atoms with Crippen LogP contribution in [0.15, 0.2) is 79.0 Å². The number of ether oxygens (including phenoxy) is 4. The van der Waals surface area contributed by atoms with Crippen LogP contribution in [0.5, 0.6) is 23.0 Å². The Kier molecular flexibility index (Phi) is 10.3. The van der Waals surface area contributed by atoms with Crippen molar-refractivity contribution in [2.24, 2.45) is 0 Å². The Labute approximate surface area is 269 Å². The summed E-state index contributed by atoms with van der Waals surface area (Å²) in [6.07, 6.45) is 9.58. The highest BCUT2D eigenvalue weighted by atomic mass is 16.5. The number of esters is 1.